The van der Waals surface area contributed by atoms with E-state index in [9.17, 15) is 9.90 Å². The highest BCUT2D eigenvalue weighted by Crippen LogP contribution is 2.32. The fourth-order valence-electron chi connectivity index (χ4n) is 3.93. The van der Waals surface area contributed by atoms with Crippen LogP contribution in [0, 0.1) is 11.8 Å². The highest BCUT2D eigenvalue weighted by Gasteiger charge is 2.34. The number of hydrogen-bond donors (Lipinski definition) is 2. The monoisotopic (exact) mass is 283 g/mol. The lowest BCUT2D eigenvalue weighted by atomic mass is 9.81. The van der Waals surface area contributed by atoms with Crippen molar-refractivity contribution in [2.24, 2.45) is 11.8 Å². The molecular formula is C16H29NO3. The smallest absolute Gasteiger partial charge is 0.303 e. The third-order valence-corrected chi connectivity index (χ3v) is 5.15. The second-order valence-electron chi connectivity index (χ2n) is 7.00. The fourth-order valence-corrected chi connectivity index (χ4v) is 3.93. The Morgan fingerprint density at radius 2 is 2.00 bits per heavy atom. The number of carbonyl (C=O) groups is 1. The molecule has 2 aliphatic rings. The zero-order chi connectivity index (χ0) is 14.6. The molecule has 0 aromatic heterocycles. The van der Waals surface area contributed by atoms with Gasteiger partial charge in [0.05, 0.1) is 5.60 Å². The molecule has 0 radical (unpaired) electrons. The van der Waals surface area contributed by atoms with Crippen molar-refractivity contribution < 1.29 is 15.0 Å². The summed E-state index contributed by atoms with van der Waals surface area (Å²) in [6.07, 6.45) is 7.92. The summed E-state index contributed by atoms with van der Waals surface area (Å²) in [4.78, 5) is 13.2. The molecule has 2 N–H and O–H groups in total. The van der Waals surface area contributed by atoms with Crippen molar-refractivity contribution in [1.82, 2.24) is 4.90 Å². The molecular weight excluding hydrogens is 254 g/mol. The van der Waals surface area contributed by atoms with E-state index in [0.717, 1.165) is 58.2 Å². The van der Waals surface area contributed by atoms with Crippen molar-refractivity contribution in [3.05, 3.63) is 0 Å². The van der Waals surface area contributed by atoms with Gasteiger partial charge in [-0.3, -0.25) is 4.79 Å². The summed E-state index contributed by atoms with van der Waals surface area (Å²) in [7, 11) is 0. The first-order valence-corrected chi connectivity index (χ1v) is 8.15. The van der Waals surface area contributed by atoms with Crippen LogP contribution in [-0.2, 0) is 4.79 Å². The molecule has 0 amide bonds. The molecule has 1 saturated carbocycles. The van der Waals surface area contributed by atoms with Gasteiger partial charge < -0.3 is 15.1 Å². The van der Waals surface area contributed by atoms with Gasteiger partial charge in [0.25, 0.3) is 0 Å². The average molecular weight is 283 g/mol. The molecule has 2 unspecified atom stereocenters. The predicted octanol–water partition coefficient (Wildman–Crippen LogP) is 2.50. The molecule has 0 spiro atoms. The van der Waals surface area contributed by atoms with Crippen LogP contribution < -0.4 is 0 Å². The van der Waals surface area contributed by atoms with E-state index in [4.69, 9.17) is 5.11 Å². The highest BCUT2D eigenvalue weighted by molar-refractivity contribution is 5.67. The molecule has 2 rings (SSSR count). The maximum absolute atomic E-state index is 10.8. The van der Waals surface area contributed by atoms with E-state index < -0.39 is 11.6 Å². The van der Waals surface area contributed by atoms with Crippen molar-refractivity contribution >= 4 is 5.97 Å². The molecule has 116 valence electrons. The first-order chi connectivity index (χ1) is 9.48. The largest absolute Gasteiger partial charge is 0.481 e. The number of likely N-dealkylation sites (tertiary alicyclic amines) is 1. The molecule has 4 nitrogen and oxygen atoms in total. The van der Waals surface area contributed by atoms with E-state index in [1.165, 1.54) is 6.42 Å². The van der Waals surface area contributed by atoms with Crippen LogP contribution >= 0.6 is 0 Å². The van der Waals surface area contributed by atoms with Crippen LogP contribution in [0.15, 0.2) is 0 Å². The lowest BCUT2D eigenvalue weighted by Gasteiger charge is -2.41. The zero-order valence-electron chi connectivity index (χ0n) is 12.7. The van der Waals surface area contributed by atoms with Crippen LogP contribution in [0.4, 0.5) is 0 Å². The quantitative estimate of drug-likeness (QED) is 0.814. The van der Waals surface area contributed by atoms with Crippen LogP contribution in [0.1, 0.15) is 58.3 Å². The minimum absolute atomic E-state index is 0.233. The lowest BCUT2D eigenvalue weighted by Crippen LogP contribution is -2.48. The average Bonchev–Trinajstić information content (AvgIpc) is 2.38. The molecule has 0 aromatic rings. The zero-order valence-corrected chi connectivity index (χ0v) is 12.7. The van der Waals surface area contributed by atoms with Crippen molar-refractivity contribution in [3.63, 3.8) is 0 Å². The number of rotatable bonds is 5. The molecule has 0 bridgehead atoms. The molecule has 1 saturated heterocycles. The molecule has 1 heterocycles. The number of piperidine rings is 1. The van der Waals surface area contributed by atoms with Gasteiger partial charge in [0, 0.05) is 19.5 Å². The molecule has 2 fully saturated rings. The summed E-state index contributed by atoms with van der Waals surface area (Å²) < 4.78 is 0. The van der Waals surface area contributed by atoms with Crippen molar-refractivity contribution in [2.45, 2.75) is 63.9 Å². The number of aliphatic carboxylic acids is 1. The molecule has 1 aliphatic heterocycles. The SMILES string of the molecule is CC(CC(=O)O)C1CCCN(CC2(O)CCCCC2)C1. The van der Waals surface area contributed by atoms with Crippen molar-refractivity contribution in [3.8, 4) is 0 Å². The standard InChI is InChI=1S/C16H29NO3/c1-13(10-15(18)19)14-6-5-9-17(11-14)12-16(20)7-3-2-4-8-16/h13-14,20H,2-12H2,1H3,(H,18,19). The van der Waals surface area contributed by atoms with Gasteiger partial charge in [-0.05, 0) is 44.1 Å². The second-order valence-corrected chi connectivity index (χ2v) is 7.00. The van der Waals surface area contributed by atoms with Gasteiger partial charge >= 0.3 is 5.97 Å². The predicted molar refractivity (Wildman–Crippen MR) is 78.6 cm³/mol. The topological polar surface area (TPSA) is 60.8 Å². The van der Waals surface area contributed by atoms with E-state index in [1.54, 1.807) is 0 Å². The normalized spacial score (nSPS) is 29.0. The summed E-state index contributed by atoms with van der Waals surface area (Å²) >= 11 is 0. The summed E-state index contributed by atoms with van der Waals surface area (Å²) in [5, 5.41) is 19.6. The van der Waals surface area contributed by atoms with Gasteiger partial charge in [-0.1, -0.05) is 26.2 Å². The van der Waals surface area contributed by atoms with Crippen molar-refractivity contribution in [1.29, 1.82) is 0 Å². The van der Waals surface area contributed by atoms with Crippen LogP contribution in [0.5, 0.6) is 0 Å². The number of hydrogen-bond acceptors (Lipinski definition) is 3. The minimum Gasteiger partial charge on any atom is -0.481 e. The van der Waals surface area contributed by atoms with Crippen LogP contribution in [0.25, 0.3) is 0 Å². The van der Waals surface area contributed by atoms with Gasteiger partial charge in [-0.25, -0.2) is 0 Å². The molecule has 4 heteroatoms. The van der Waals surface area contributed by atoms with E-state index in [-0.39, 0.29) is 12.3 Å². The van der Waals surface area contributed by atoms with Gasteiger partial charge in [0.15, 0.2) is 0 Å². The van der Waals surface area contributed by atoms with E-state index in [0.29, 0.717) is 5.92 Å². The van der Waals surface area contributed by atoms with Crippen LogP contribution in [0.2, 0.25) is 0 Å². The molecule has 2 atom stereocenters. The van der Waals surface area contributed by atoms with Crippen LogP contribution in [-0.4, -0.2) is 46.3 Å². The Kier molecular flexibility index (Phi) is 5.44. The molecule has 0 aromatic carbocycles. The summed E-state index contributed by atoms with van der Waals surface area (Å²) in [6.45, 7) is 4.84. The Bertz CT molecular complexity index is 326. The Hall–Kier alpha value is -0.610. The Morgan fingerprint density at radius 1 is 1.30 bits per heavy atom. The number of carboxylic acids is 1. The summed E-state index contributed by atoms with van der Waals surface area (Å²) in [5.41, 5.74) is -0.490. The summed E-state index contributed by atoms with van der Waals surface area (Å²) in [5.74, 6) is 0.00358. The van der Waals surface area contributed by atoms with Gasteiger partial charge in [-0.2, -0.15) is 0 Å². The minimum atomic E-state index is -0.694. The highest BCUT2D eigenvalue weighted by atomic mass is 16.4. The Labute approximate surface area is 122 Å². The van der Waals surface area contributed by atoms with E-state index in [2.05, 4.69) is 11.8 Å². The summed E-state index contributed by atoms with van der Waals surface area (Å²) in [6, 6.07) is 0. The van der Waals surface area contributed by atoms with E-state index in [1.807, 2.05) is 0 Å². The first-order valence-electron chi connectivity index (χ1n) is 8.15. The Morgan fingerprint density at radius 3 is 2.65 bits per heavy atom. The molecule has 20 heavy (non-hydrogen) atoms. The van der Waals surface area contributed by atoms with E-state index >= 15 is 0 Å². The number of β-amino-alcohol motifs (C(OH)–C–C–N with tert-alkyl or cyclic N) is 1. The maximum atomic E-state index is 10.8. The lowest BCUT2D eigenvalue weighted by molar-refractivity contribution is -0.138. The number of nitrogens with zero attached hydrogens (tertiary/aromatic N) is 1. The van der Waals surface area contributed by atoms with Crippen LogP contribution in [0.3, 0.4) is 0 Å². The number of carboxylic acid groups (broad SMARTS) is 1. The Balaban J connectivity index is 1.85. The number of aliphatic hydroxyl groups is 1. The van der Waals surface area contributed by atoms with Crippen molar-refractivity contribution in [2.75, 3.05) is 19.6 Å². The van der Waals surface area contributed by atoms with Gasteiger partial charge in [0.1, 0.15) is 0 Å². The van der Waals surface area contributed by atoms with Gasteiger partial charge in [-0.15, -0.1) is 0 Å². The maximum Gasteiger partial charge on any atom is 0.303 e. The molecule has 1 aliphatic carbocycles. The third-order valence-electron chi connectivity index (χ3n) is 5.15. The second kappa shape index (κ2) is 6.90. The fraction of sp³-hybridized carbons (Fsp3) is 0.938. The third kappa shape index (κ3) is 4.45. The van der Waals surface area contributed by atoms with Gasteiger partial charge in [0.2, 0.25) is 0 Å². The first kappa shape index (κ1) is 15.8.